The zero-order chi connectivity index (χ0) is 10.8. The number of rotatable bonds is 3. The molecule has 1 aliphatic rings. The minimum absolute atomic E-state index is 0.475. The number of aromatic nitrogens is 1. The van der Waals surface area contributed by atoms with Crippen LogP contribution in [0.15, 0.2) is 5.38 Å². The predicted octanol–water partition coefficient (Wildman–Crippen LogP) is 3.16. The summed E-state index contributed by atoms with van der Waals surface area (Å²) >= 11 is 7.77. The van der Waals surface area contributed by atoms with Gasteiger partial charge in [0.1, 0.15) is 0 Å². The Balaban J connectivity index is 2.16. The van der Waals surface area contributed by atoms with E-state index in [0.717, 1.165) is 18.1 Å². The maximum atomic E-state index is 6.02. The van der Waals surface area contributed by atoms with Gasteiger partial charge < -0.3 is 4.90 Å². The Morgan fingerprint density at radius 3 is 3.07 bits per heavy atom. The molecule has 15 heavy (non-hydrogen) atoms. The first-order valence-electron chi connectivity index (χ1n) is 5.53. The van der Waals surface area contributed by atoms with E-state index in [1.165, 1.54) is 12.1 Å². The van der Waals surface area contributed by atoms with E-state index in [4.69, 9.17) is 11.6 Å². The minimum Gasteiger partial charge on any atom is -0.344 e. The zero-order valence-corrected chi connectivity index (χ0v) is 10.8. The molecule has 2 nitrogen and oxygen atoms in total. The van der Waals surface area contributed by atoms with Crippen molar-refractivity contribution in [3.05, 3.63) is 11.1 Å². The smallest absolute Gasteiger partial charge is 0.185 e. The van der Waals surface area contributed by atoms with Crippen LogP contribution in [0.1, 0.15) is 26.0 Å². The normalized spacial score (nSPS) is 26.2. The van der Waals surface area contributed by atoms with E-state index in [0.29, 0.717) is 17.8 Å². The Labute approximate surface area is 100 Å². The Morgan fingerprint density at radius 1 is 1.67 bits per heavy atom. The van der Waals surface area contributed by atoms with Gasteiger partial charge in [0.15, 0.2) is 5.13 Å². The number of aryl methyl sites for hydroxylation is 1. The van der Waals surface area contributed by atoms with Crippen LogP contribution in [0.25, 0.3) is 0 Å². The number of nitrogens with zero attached hydrogens (tertiary/aromatic N) is 2. The van der Waals surface area contributed by atoms with Gasteiger partial charge in [-0.25, -0.2) is 4.98 Å². The second-order valence-electron chi connectivity index (χ2n) is 4.16. The van der Waals surface area contributed by atoms with Crippen LogP contribution in [-0.2, 0) is 6.42 Å². The molecule has 0 saturated carbocycles. The summed E-state index contributed by atoms with van der Waals surface area (Å²) in [7, 11) is 0. The Hall–Kier alpha value is -0.280. The van der Waals surface area contributed by atoms with E-state index >= 15 is 0 Å². The van der Waals surface area contributed by atoms with Crippen LogP contribution in [0, 0.1) is 5.92 Å². The lowest BCUT2D eigenvalue weighted by atomic mass is 10.1. The van der Waals surface area contributed by atoms with Crippen molar-refractivity contribution in [2.45, 2.75) is 32.7 Å². The van der Waals surface area contributed by atoms with Gasteiger partial charge in [-0.3, -0.25) is 0 Å². The number of hydrogen-bond acceptors (Lipinski definition) is 3. The third kappa shape index (κ3) is 2.13. The molecule has 84 valence electrons. The van der Waals surface area contributed by atoms with Crippen LogP contribution in [0.2, 0.25) is 0 Å². The summed E-state index contributed by atoms with van der Waals surface area (Å²) < 4.78 is 0. The van der Waals surface area contributed by atoms with Gasteiger partial charge in [-0.15, -0.1) is 22.9 Å². The highest BCUT2D eigenvalue weighted by atomic mass is 35.5. The lowest BCUT2D eigenvalue weighted by Gasteiger charge is -2.24. The van der Waals surface area contributed by atoms with E-state index in [9.17, 15) is 0 Å². The quantitative estimate of drug-likeness (QED) is 0.760. The van der Waals surface area contributed by atoms with Gasteiger partial charge in [0.05, 0.1) is 5.69 Å². The fourth-order valence-corrected chi connectivity index (χ4v) is 3.54. The fourth-order valence-electron chi connectivity index (χ4n) is 2.07. The molecule has 1 fully saturated rings. The van der Waals surface area contributed by atoms with Crippen molar-refractivity contribution >= 4 is 28.1 Å². The molecule has 0 radical (unpaired) electrons. The summed E-state index contributed by atoms with van der Waals surface area (Å²) in [5.41, 5.74) is 1.20. The molecule has 0 aliphatic carbocycles. The van der Waals surface area contributed by atoms with E-state index in [1.54, 1.807) is 11.3 Å². The summed E-state index contributed by atoms with van der Waals surface area (Å²) in [6.07, 6.45) is 2.25. The van der Waals surface area contributed by atoms with Gasteiger partial charge >= 0.3 is 0 Å². The topological polar surface area (TPSA) is 16.1 Å². The van der Waals surface area contributed by atoms with Gasteiger partial charge in [0.25, 0.3) is 0 Å². The molecule has 0 aromatic carbocycles. The zero-order valence-electron chi connectivity index (χ0n) is 9.24. The number of hydrogen-bond donors (Lipinski definition) is 0. The fraction of sp³-hybridized carbons (Fsp3) is 0.727. The van der Waals surface area contributed by atoms with Crippen LogP contribution in [0.4, 0.5) is 5.13 Å². The molecule has 1 aromatic rings. The molecule has 1 saturated heterocycles. The van der Waals surface area contributed by atoms with Crippen LogP contribution in [-0.4, -0.2) is 23.5 Å². The van der Waals surface area contributed by atoms with Crippen molar-refractivity contribution in [2.75, 3.05) is 17.3 Å². The van der Waals surface area contributed by atoms with Gasteiger partial charge in [0.2, 0.25) is 0 Å². The SMILES string of the molecule is CCc1csc(N2CCC(C)C2CCl)n1. The largest absolute Gasteiger partial charge is 0.344 e. The molecule has 1 aliphatic heterocycles. The van der Waals surface area contributed by atoms with Crippen molar-refractivity contribution in [1.29, 1.82) is 0 Å². The van der Waals surface area contributed by atoms with Crippen molar-refractivity contribution in [2.24, 2.45) is 5.92 Å². The summed E-state index contributed by atoms with van der Waals surface area (Å²) in [4.78, 5) is 7.01. The Kier molecular flexibility index (Phi) is 3.52. The molecule has 0 N–H and O–H groups in total. The molecule has 0 spiro atoms. The second-order valence-corrected chi connectivity index (χ2v) is 5.30. The van der Waals surface area contributed by atoms with Crippen LogP contribution >= 0.6 is 22.9 Å². The van der Waals surface area contributed by atoms with Gasteiger partial charge in [0, 0.05) is 23.8 Å². The van der Waals surface area contributed by atoms with Crippen molar-refractivity contribution in [3.63, 3.8) is 0 Å². The van der Waals surface area contributed by atoms with Crippen molar-refractivity contribution in [3.8, 4) is 0 Å². The molecular weight excluding hydrogens is 228 g/mol. The average Bonchev–Trinajstić information content (AvgIpc) is 2.83. The first-order valence-corrected chi connectivity index (χ1v) is 6.94. The van der Waals surface area contributed by atoms with Gasteiger partial charge in [-0.1, -0.05) is 13.8 Å². The lowest BCUT2D eigenvalue weighted by Crippen LogP contribution is -2.33. The maximum absolute atomic E-state index is 6.02. The molecule has 2 atom stereocenters. The molecule has 2 rings (SSSR count). The molecule has 4 heteroatoms. The lowest BCUT2D eigenvalue weighted by molar-refractivity contribution is 0.550. The second kappa shape index (κ2) is 4.71. The van der Waals surface area contributed by atoms with Crippen LogP contribution in [0.3, 0.4) is 0 Å². The summed E-state index contributed by atoms with van der Waals surface area (Å²) in [6, 6.07) is 0.475. The number of alkyl halides is 1. The summed E-state index contributed by atoms with van der Waals surface area (Å²) in [5, 5.41) is 3.31. The van der Waals surface area contributed by atoms with Crippen molar-refractivity contribution in [1.82, 2.24) is 4.98 Å². The molecule has 0 bridgehead atoms. The Morgan fingerprint density at radius 2 is 2.47 bits per heavy atom. The highest BCUT2D eigenvalue weighted by molar-refractivity contribution is 7.13. The molecule has 2 heterocycles. The van der Waals surface area contributed by atoms with Crippen LogP contribution < -0.4 is 4.90 Å². The third-order valence-electron chi connectivity index (χ3n) is 3.19. The maximum Gasteiger partial charge on any atom is 0.185 e. The summed E-state index contributed by atoms with van der Waals surface area (Å²) in [5.74, 6) is 1.40. The monoisotopic (exact) mass is 244 g/mol. The number of thiazole rings is 1. The van der Waals surface area contributed by atoms with E-state index in [-0.39, 0.29) is 0 Å². The molecule has 0 amide bonds. The standard InChI is InChI=1S/C11H17ClN2S/c1-3-9-7-15-11(13-9)14-5-4-8(2)10(14)6-12/h7-8,10H,3-6H2,1-2H3. The highest BCUT2D eigenvalue weighted by Crippen LogP contribution is 2.32. The minimum atomic E-state index is 0.475. The molecule has 1 aromatic heterocycles. The predicted molar refractivity (Wildman–Crippen MR) is 67.1 cm³/mol. The third-order valence-corrected chi connectivity index (χ3v) is 4.43. The van der Waals surface area contributed by atoms with E-state index in [1.807, 2.05) is 0 Å². The van der Waals surface area contributed by atoms with E-state index in [2.05, 4.69) is 29.1 Å². The Bertz CT molecular complexity index is 326. The first kappa shape index (κ1) is 11.2. The average molecular weight is 245 g/mol. The summed E-state index contributed by atoms with van der Waals surface area (Å²) in [6.45, 7) is 5.53. The molecule has 2 unspecified atom stereocenters. The highest BCUT2D eigenvalue weighted by Gasteiger charge is 2.31. The number of halogens is 1. The molecular formula is C11H17ClN2S. The van der Waals surface area contributed by atoms with Gasteiger partial charge in [-0.2, -0.15) is 0 Å². The van der Waals surface area contributed by atoms with E-state index < -0.39 is 0 Å². The van der Waals surface area contributed by atoms with Crippen LogP contribution in [0.5, 0.6) is 0 Å². The van der Waals surface area contributed by atoms with Gasteiger partial charge in [-0.05, 0) is 18.8 Å². The first-order chi connectivity index (χ1) is 7.26. The number of anilines is 1. The van der Waals surface area contributed by atoms with Crippen molar-refractivity contribution < 1.29 is 0 Å².